The van der Waals surface area contributed by atoms with Crippen molar-refractivity contribution in [2.75, 3.05) is 7.11 Å². The van der Waals surface area contributed by atoms with Gasteiger partial charge in [0.2, 0.25) is 4.96 Å². The van der Waals surface area contributed by atoms with Crippen molar-refractivity contribution in [1.29, 1.82) is 0 Å². The number of benzene rings is 2. The number of amides is 1. The highest BCUT2D eigenvalue weighted by molar-refractivity contribution is 7.22. The number of aryl methyl sites for hydroxylation is 1. The minimum absolute atomic E-state index is 0.000424. The van der Waals surface area contributed by atoms with Gasteiger partial charge in [0.05, 0.1) is 29.2 Å². The van der Waals surface area contributed by atoms with Gasteiger partial charge in [-0.05, 0) is 44.2 Å². The number of ether oxygens (including phenoxy) is 2. The molecule has 1 fully saturated rings. The van der Waals surface area contributed by atoms with Crippen LogP contribution < -0.4 is 14.8 Å². The lowest BCUT2D eigenvalue weighted by molar-refractivity contribution is 0.0929. The maximum atomic E-state index is 12.8. The summed E-state index contributed by atoms with van der Waals surface area (Å²) in [5, 5.41) is 12.4. The van der Waals surface area contributed by atoms with E-state index in [4.69, 9.17) is 24.4 Å². The average molecular weight is 631 g/mol. The van der Waals surface area contributed by atoms with E-state index in [1.807, 2.05) is 54.9 Å². The number of imidazole rings is 1. The molecule has 1 aliphatic carbocycles. The van der Waals surface area contributed by atoms with Gasteiger partial charge in [0, 0.05) is 34.7 Å². The highest BCUT2D eigenvalue weighted by Gasteiger charge is 2.31. The summed E-state index contributed by atoms with van der Waals surface area (Å²) in [5.41, 5.74) is 4.04. The van der Waals surface area contributed by atoms with Gasteiger partial charge in [0.1, 0.15) is 38.8 Å². The van der Waals surface area contributed by atoms with Crippen LogP contribution in [0.3, 0.4) is 0 Å². The minimum Gasteiger partial charge on any atom is -0.497 e. The molecule has 43 heavy (non-hydrogen) atoms. The van der Waals surface area contributed by atoms with Gasteiger partial charge < -0.3 is 14.8 Å². The zero-order valence-electron chi connectivity index (χ0n) is 24.0. The fourth-order valence-electron chi connectivity index (χ4n) is 5.12. The Labute approximate surface area is 260 Å². The molecule has 0 radical (unpaired) electrons. The molecular weight excluding hydrogens is 601 g/mol. The Morgan fingerprint density at radius 2 is 1.95 bits per heavy atom. The van der Waals surface area contributed by atoms with Crippen LogP contribution in [0.4, 0.5) is 0 Å². The Balaban J connectivity index is 1.05. The topological polar surface area (TPSA) is 104 Å². The maximum absolute atomic E-state index is 12.8. The van der Waals surface area contributed by atoms with Crippen molar-refractivity contribution in [2.24, 2.45) is 5.92 Å². The first kappa shape index (κ1) is 27.9. The van der Waals surface area contributed by atoms with Crippen molar-refractivity contribution < 1.29 is 14.3 Å². The lowest BCUT2D eigenvalue weighted by atomic mass is 10.1. The largest absolute Gasteiger partial charge is 0.497 e. The number of carbonyl (C=O) groups is 1. The van der Waals surface area contributed by atoms with Crippen LogP contribution in [0.2, 0.25) is 0 Å². The van der Waals surface area contributed by atoms with Crippen molar-refractivity contribution in [3.8, 4) is 32.8 Å². The summed E-state index contributed by atoms with van der Waals surface area (Å²) in [6.45, 7) is 4.43. The number of hydrogen-bond acceptors (Lipinski definition) is 10. The molecule has 4 aromatic heterocycles. The molecule has 7 rings (SSSR count). The predicted molar refractivity (Wildman–Crippen MR) is 172 cm³/mol. The Morgan fingerprint density at radius 1 is 1.12 bits per heavy atom. The zero-order valence-corrected chi connectivity index (χ0v) is 26.4. The molecule has 0 bridgehead atoms. The van der Waals surface area contributed by atoms with Gasteiger partial charge >= 0.3 is 0 Å². The summed E-state index contributed by atoms with van der Waals surface area (Å²) >= 11 is 4.63. The number of hydrogen-bond donors (Lipinski definition) is 1. The summed E-state index contributed by atoms with van der Waals surface area (Å²) < 4.78 is 14.5. The molecule has 1 atom stereocenters. The van der Waals surface area contributed by atoms with Gasteiger partial charge in [-0.3, -0.25) is 4.79 Å². The van der Waals surface area contributed by atoms with Crippen LogP contribution in [0.5, 0.6) is 11.5 Å². The average Bonchev–Trinajstić information content (AvgIpc) is 3.29. The summed E-state index contributed by atoms with van der Waals surface area (Å²) in [6.07, 6.45) is 6.45. The van der Waals surface area contributed by atoms with Crippen LogP contribution in [0.25, 0.3) is 36.5 Å². The highest BCUT2D eigenvalue weighted by atomic mass is 32.1. The molecule has 1 N–H and O–H groups in total. The predicted octanol–water partition coefficient (Wildman–Crippen LogP) is 7.40. The van der Waals surface area contributed by atoms with Crippen LogP contribution in [0, 0.1) is 12.8 Å². The second-order valence-corrected chi connectivity index (χ2v) is 13.7. The van der Waals surface area contributed by atoms with Crippen LogP contribution in [0.1, 0.15) is 53.7 Å². The first-order valence-corrected chi connectivity index (χ1v) is 16.8. The standard InChI is InChI=1S/C31H30N6O3S3/c1-4-5-23(18-6-7-18)33-28(38)19-8-10-20(11-9-19)29-32-21(16-41-29)15-40-26-13-22(39-3)12-24-27(26)43-30(34-24)25-14-37-31(35-25)42-17(2)36-37/h8-14,16,18,23H,4-7,15H2,1-3H3,(H,33,38). The Hall–Kier alpha value is -3.87. The molecule has 4 heterocycles. The van der Waals surface area contributed by atoms with Gasteiger partial charge in [-0.25, -0.2) is 19.5 Å². The molecule has 1 unspecified atom stereocenters. The van der Waals surface area contributed by atoms with E-state index >= 15 is 0 Å². The molecular formula is C31H30N6O3S3. The van der Waals surface area contributed by atoms with Gasteiger partial charge in [0.25, 0.3) is 5.91 Å². The number of rotatable bonds is 11. The molecule has 0 saturated heterocycles. The van der Waals surface area contributed by atoms with Gasteiger partial charge in [-0.2, -0.15) is 5.10 Å². The number of methoxy groups -OCH3 is 1. The first-order chi connectivity index (χ1) is 21.0. The maximum Gasteiger partial charge on any atom is 0.251 e. The lowest BCUT2D eigenvalue weighted by Crippen LogP contribution is -2.36. The van der Waals surface area contributed by atoms with Gasteiger partial charge in [-0.1, -0.05) is 36.8 Å². The van der Waals surface area contributed by atoms with E-state index in [2.05, 4.69) is 17.3 Å². The summed E-state index contributed by atoms with van der Waals surface area (Å²) in [4.78, 5) is 28.0. The number of aromatic nitrogens is 5. The smallest absolute Gasteiger partial charge is 0.251 e. The van der Waals surface area contributed by atoms with E-state index in [0.717, 1.165) is 60.0 Å². The Morgan fingerprint density at radius 3 is 2.70 bits per heavy atom. The number of fused-ring (bicyclic) bond motifs is 2. The fraction of sp³-hybridized carbons (Fsp3) is 0.323. The Bertz CT molecular complexity index is 1890. The van der Waals surface area contributed by atoms with E-state index in [1.54, 1.807) is 34.3 Å². The highest BCUT2D eigenvalue weighted by Crippen LogP contribution is 2.39. The summed E-state index contributed by atoms with van der Waals surface area (Å²) in [5.74, 6) is 2.00. The molecule has 12 heteroatoms. The normalized spacial score (nSPS) is 13.9. The van der Waals surface area contributed by atoms with E-state index in [0.29, 0.717) is 29.6 Å². The minimum atomic E-state index is 0.000424. The number of thiazole rings is 2. The first-order valence-electron chi connectivity index (χ1n) is 14.3. The molecule has 9 nitrogen and oxygen atoms in total. The number of nitrogens with one attached hydrogen (secondary N) is 1. The van der Waals surface area contributed by atoms with Gasteiger partial charge in [-0.15, -0.1) is 22.7 Å². The van der Waals surface area contributed by atoms with Crippen molar-refractivity contribution in [2.45, 2.75) is 52.2 Å². The van der Waals surface area contributed by atoms with E-state index in [-0.39, 0.29) is 11.9 Å². The van der Waals surface area contributed by atoms with E-state index < -0.39 is 0 Å². The molecule has 6 aromatic rings. The van der Waals surface area contributed by atoms with Crippen LogP contribution in [-0.4, -0.2) is 43.6 Å². The third-order valence-electron chi connectivity index (χ3n) is 7.46. The molecule has 0 spiro atoms. The summed E-state index contributed by atoms with van der Waals surface area (Å²) in [6, 6.07) is 11.8. The quantitative estimate of drug-likeness (QED) is 0.159. The molecule has 1 amide bonds. The van der Waals surface area contributed by atoms with Crippen molar-refractivity contribution in [3.05, 3.63) is 64.2 Å². The third-order valence-corrected chi connectivity index (χ3v) is 10.3. The molecule has 0 aliphatic heterocycles. The number of nitrogens with zero attached hydrogens (tertiary/aromatic N) is 5. The fourth-order valence-corrected chi connectivity index (χ4v) is 7.63. The zero-order chi connectivity index (χ0) is 29.5. The third kappa shape index (κ3) is 5.86. The SMILES string of the molecule is CCCC(NC(=O)c1ccc(-c2nc(COc3cc(OC)cc4nc(-c5cn6nc(C)sc6n5)sc34)cs2)cc1)C1CC1. The van der Waals surface area contributed by atoms with Crippen molar-refractivity contribution in [1.82, 2.24) is 29.9 Å². The molecule has 1 saturated carbocycles. The van der Waals surface area contributed by atoms with Crippen LogP contribution in [-0.2, 0) is 6.61 Å². The van der Waals surface area contributed by atoms with Crippen molar-refractivity contribution in [3.63, 3.8) is 0 Å². The summed E-state index contributed by atoms with van der Waals surface area (Å²) in [7, 11) is 1.63. The molecule has 220 valence electrons. The monoisotopic (exact) mass is 630 g/mol. The van der Waals surface area contributed by atoms with E-state index in [1.165, 1.54) is 24.2 Å². The molecule has 2 aromatic carbocycles. The molecule has 1 aliphatic rings. The number of carbonyl (C=O) groups excluding carboxylic acids is 1. The van der Waals surface area contributed by atoms with E-state index in [9.17, 15) is 4.79 Å². The van der Waals surface area contributed by atoms with Crippen molar-refractivity contribution >= 4 is 55.1 Å². The van der Waals surface area contributed by atoms with Gasteiger partial charge in [0.15, 0.2) is 0 Å². The second kappa shape index (κ2) is 11.7. The van der Waals surface area contributed by atoms with Crippen LogP contribution in [0.15, 0.2) is 48.0 Å². The lowest BCUT2D eigenvalue weighted by Gasteiger charge is -2.17. The van der Waals surface area contributed by atoms with Crippen LogP contribution >= 0.6 is 34.0 Å². The Kier molecular flexibility index (Phi) is 7.58. The second-order valence-electron chi connectivity index (χ2n) is 10.7.